The molecule has 1 atom stereocenters. The number of imidazole rings is 1. The molecule has 0 aliphatic heterocycles. The Labute approximate surface area is 208 Å². The Balaban J connectivity index is 1.39. The number of rotatable bonds is 10. The van der Waals surface area contributed by atoms with Crippen LogP contribution in [0.2, 0.25) is 0 Å². The van der Waals surface area contributed by atoms with Crippen LogP contribution in [0.1, 0.15) is 69.5 Å². The predicted octanol–water partition coefficient (Wildman–Crippen LogP) is 7.61. The minimum Gasteiger partial charge on any atom is -0.382 e. The molecule has 3 aromatic heterocycles. The number of anilines is 2. The Kier molecular flexibility index (Phi) is 6.84. The monoisotopic (exact) mass is 465 g/mol. The Morgan fingerprint density at radius 3 is 2.71 bits per heavy atom. The summed E-state index contributed by atoms with van der Waals surface area (Å²) in [5.41, 5.74) is 9.40. The number of para-hydroxylation sites is 1. The molecule has 1 unspecified atom stereocenters. The second kappa shape index (κ2) is 10.3. The van der Waals surface area contributed by atoms with E-state index in [1.807, 2.05) is 36.8 Å². The molecule has 1 aliphatic rings. The highest BCUT2D eigenvalue weighted by molar-refractivity contribution is 5.77. The van der Waals surface area contributed by atoms with Gasteiger partial charge in [0.2, 0.25) is 0 Å². The second-order valence-electron chi connectivity index (χ2n) is 9.79. The van der Waals surface area contributed by atoms with Crippen LogP contribution in [0.15, 0.2) is 79.0 Å². The Morgan fingerprint density at radius 2 is 1.94 bits per heavy atom. The molecular formula is C30H35N5. The first kappa shape index (κ1) is 23.2. The molecule has 4 aromatic rings. The highest BCUT2D eigenvalue weighted by Gasteiger charge is 2.24. The molecule has 5 rings (SSSR count). The third-order valence-corrected chi connectivity index (χ3v) is 6.99. The number of aromatic nitrogens is 3. The number of hydrogen-bond donors (Lipinski definition) is 2. The minimum absolute atomic E-state index is 0.443. The summed E-state index contributed by atoms with van der Waals surface area (Å²) in [6.45, 7) is 7.50. The van der Waals surface area contributed by atoms with E-state index >= 15 is 0 Å². The first-order valence-corrected chi connectivity index (χ1v) is 12.8. The smallest absolute Gasteiger partial charge is 0.160 e. The van der Waals surface area contributed by atoms with Gasteiger partial charge in [0.1, 0.15) is 0 Å². The van der Waals surface area contributed by atoms with E-state index in [-0.39, 0.29) is 0 Å². The standard InChI is InChI=1S/C30H35N5/c1-4-22(3)29-19-34-30-28(32-13-12-21(2)16-33-27-8-6-5-7-9-27)15-26(20-35(29)30)25-14-24(17-31-18-25)23-10-11-23/h5-9,14-20,22-23,32-33H,4,10-13H2,1-3H3/b21-16+. The van der Waals surface area contributed by atoms with Crippen LogP contribution in [0.3, 0.4) is 0 Å². The predicted molar refractivity (Wildman–Crippen MR) is 146 cm³/mol. The summed E-state index contributed by atoms with van der Waals surface area (Å²) in [4.78, 5) is 9.37. The lowest BCUT2D eigenvalue weighted by Crippen LogP contribution is -2.06. The fraction of sp³-hybridized carbons (Fsp3) is 0.333. The molecule has 1 saturated carbocycles. The quantitative estimate of drug-likeness (QED) is 0.253. The van der Waals surface area contributed by atoms with Crippen molar-refractivity contribution < 1.29 is 0 Å². The van der Waals surface area contributed by atoms with Gasteiger partial charge >= 0.3 is 0 Å². The summed E-state index contributed by atoms with van der Waals surface area (Å²) in [7, 11) is 0. The third kappa shape index (κ3) is 5.40. The van der Waals surface area contributed by atoms with Gasteiger partial charge < -0.3 is 15.0 Å². The molecule has 35 heavy (non-hydrogen) atoms. The molecule has 5 heteroatoms. The zero-order chi connectivity index (χ0) is 24.2. The number of pyridine rings is 2. The van der Waals surface area contributed by atoms with Gasteiger partial charge in [0.15, 0.2) is 5.65 Å². The fourth-order valence-electron chi connectivity index (χ4n) is 4.43. The first-order chi connectivity index (χ1) is 17.1. The minimum atomic E-state index is 0.443. The zero-order valence-electron chi connectivity index (χ0n) is 21.0. The first-order valence-electron chi connectivity index (χ1n) is 12.8. The molecule has 1 aliphatic carbocycles. The summed E-state index contributed by atoms with van der Waals surface area (Å²) in [5.74, 6) is 1.13. The van der Waals surface area contributed by atoms with E-state index in [9.17, 15) is 0 Å². The van der Waals surface area contributed by atoms with Gasteiger partial charge in [-0.25, -0.2) is 4.98 Å². The number of fused-ring (bicyclic) bond motifs is 1. The Bertz CT molecular complexity index is 1320. The van der Waals surface area contributed by atoms with Crippen molar-refractivity contribution in [3.63, 3.8) is 0 Å². The van der Waals surface area contributed by atoms with Crippen LogP contribution < -0.4 is 10.6 Å². The van der Waals surface area contributed by atoms with Gasteiger partial charge in [0.05, 0.1) is 5.69 Å². The molecule has 0 saturated heterocycles. The molecule has 1 fully saturated rings. The Morgan fingerprint density at radius 1 is 1.11 bits per heavy atom. The van der Waals surface area contributed by atoms with Gasteiger partial charge in [-0.05, 0) is 80.5 Å². The van der Waals surface area contributed by atoms with Gasteiger partial charge in [-0.2, -0.15) is 0 Å². The highest BCUT2D eigenvalue weighted by Crippen LogP contribution is 2.41. The fourth-order valence-corrected chi connectivity index (χ4v) is 4.43. The van der Waals surface area contributed by atoms with E-state index in [0.717, 1.165) is 36.4 Å². The second-order valence-corrected chi connectivity index (χ2v) is 9.79. The summed E-state index contributed by atoms with van der Waals surface area (Å²) >= 11 is 0. The van der Waals surface area contributed by atoms with E-state index < -0.39 is 0 Å². The average molecular weight is 466 g/mol. The van der Waals surface area contributed by atoms with Crippen molar-refractivity contribution >= 4 is 17.0 Å². The molecule has 0 bridgehead atoms. The number of hydrogen-bond acceptors (Lipinski definition) is 4. The van der Waals surface area contributed by atoms with Crippen molar-refractivity contribution in [2.45, 2.75) is 58.3 Å². The van der Waals surface area contributed by atoms with Crippen LogP contribution in [0.25, 0.3) is 16.8 Å². The average Bonchev–Trinajstić information content (AvgIpc) is 3.66. The highest BCUT2D eigenvalue weighted by atomic mass is 15.0. The van der Waals surface area contributed by atoms with Crippen molar-refractivity contribution in [2.75, 3.05) is 17.2 Å². The third-order valence-electron chi connectivity index (χ3n) is 6.99. The molecule has 5 nitrogen and oxygen atoms in total. The normalized spacial score (nSPS) is 14.8. The summed E-state index contributed by atoms with van der Waals surface area (Å²) in [6, 6.07) is 14.8. The van der Waals surface area contributed by atoms with Crippen LogP contribution >= 0.6 is 0 Å². The van der Waals surface area contributed by atoms with Gasteiger partial charge in [-0.3, -0.25) is 4.98 Å². The topological polar surface area (TPSA) is 54.2 Å². The van der Waals surface area contributed by atoms with E-state index in [2.05, 4.69) is 77.5 Å². The molecule has 0 amide bonds. The summed E-state index contributed by atoms with van der Waals surface area (Å²) in [5, 5.41) is 7.06. The molecule has 180 valence electrons. The zero-order valence-corrected chi connectivity index (χ0v) is 21.0. The lowest BCUT2D eigenvalue weighted by Gasteiger charge is -2.14. The molecule has 3 heterocycles. The van der Waals surface area contributed by atoms with Crippen LogP contribution in [0, 0.1) is 0 Å². The van der Waals surface area contributed by atoms with Crippen molar-refractivity contribution in [3.8, 4) is 11.1 Å². The van der Waals surface area contributed by atoms with Crippen LogP contribution in [0.4, 0.5) is 11.4 Å². The maximum Gasteiger partial charge on any atom is 0.160 e. The van der Waals surface area contributed by atoms with E-state index in [1.54, 1.807) is 0 Å². The van der Waals surface area contributed by atoms with Crippen LogP contribution in [-0.4, -0.2) is 20.9 Å². The molecule has 1 aromatic carbocycles. The number of nitrogens with zero attached hydrogens (tertiary/aromatic N) is 3. The number of nitrogens with one attached hydrogen (secondary N) is 2. The molecule has 0 radical (unpaired) electrons. The van der Waals surface area contributed by atoms with Crippen LogP contribution in [0.5, 0.6) is 0 Å². The van der Waals surface area contributed by atoms with Gasteiger partial charge in [0, 0.05) is 53.8 Å². The Hall–Kier alpha value is -3.60. The van der Waals surface area contributed by atoms with Crippen LogP contribution in [-0.2, 0) is 0 Å². The SMILES string of the molecule is CCC(C)c1cnc2c(NCC/C(C)=C/Nc3ccccc3)cc(-c3cncc(C4CC4)c3)cn12. The lowest BCUT2D eigenvalue weighted by molar-refractivity contribution is 0.701. The van der Waals surface area contributed by atoms with Crippen molar-refractivity contribution in [1.82, 2.24) is 14.4 Å². The summed E-state index contributed by atoms with van der Waals surface area (Å²) in [6.07, 6.45) is 15.0. The molecule has 0 spiro atoms. The van der Waals surface area contributed by atoms with Gasteiger partial charge in [0.25, 0.3) is 0 Å². The van der Waals surface area contributed by atoms with Gasteiger partial charge in [-0.15, -0.1) is 0 Å². The van der Waals surface area contributed by atoms with E-state index in [0.29, 0.717) is 11.8 Å². The molecular weight excluding hydrogens is 430 g/mol. The van der Waals surface area contributed by atoms with Crippen molar-refractivity contribution in [3.05, 3.63) is 90.3 Å². The van der Waals surface area contributed by atoms with E-state index in [1.165, 1.54) is 40.8 Å². The van der Waals surface area contributed by atoms with E-state index in [4.69, 9.17) is 4.98 Å². The maximum atomic E-state index is 4.81. The summed E-state index contributed by atoms with van der Waals surface area (Å²) < 4.78 is 2.27. The lowest BCUT2D eigenvalue weighted by atomic mass is 10.0. The molecule has 2 N–H and O–H groups in total. The number of benzene rings is 1. The van der Waals surface area contributed by atoms with Crippen molar-refractivity contribution in [2.24, 2.45) is 0 Å². The maximum absolute atomic E-state index is 4.81. The largest absolute Gasteiger partial charge is 0.382 e. The van der Waals surface area contributed by atoms with Crippen molar-refractivity contribution in [1.29, 1.82) is 0 Å². The van der Waals surface area contributed by atoms with Gasteiger partial charge in [-0.1, -0.05) is 37.6 Å².